The van der Waals surface area contributed by atoms with E-state index in [1.165, 1.54) is 30.3 Å². The van der Waals surface area contributed by atoms with Crippen LogP contribution in [-0.4, -0.2) is 41.2 Å². The zero-order valence-corrected chi connectivity index (χ0v) is 14.2. The van der Waals surface area contributed by atoms with Crippen molar-refractivity contribution >= 4 is 29.4 Å². The Bertz CT molecular complexity index is 795. The van der Waals surface area contributed by atoms with Gasteiger partial charge < -0.3 is 15.1 Å². The number of hydrogen-bond donors (Lipinski definition) is 2. The molecule has 2 aromatic carbocycles. The normalized spacial score (nSPS) is 9.92. The molecule has 0 spiro atoms. The van der Waals surface area contributed by atoms with Gasteiger partial charge in [0.1, 0.15) is 0 Å². The molecular formula is C18H18N2O6. The third-order valence-corrected chi connectivity index (χ3v) is 3.15. The van der Waals surface area contributed by atoms with E-state index >= 15 is 0 Å². The van der Waals surface area contributed by atoms with Crippen molar-refractivity contribution in [1.29, 1.82) is 0 Å². The maximum atomic E-state index is 10.5. The number of anilines is 1. The maximum Gasteiger partial charge on any atom is 0.335 e. The number of nitro groups is 1. The molecule has 0 unspecified atom stereocenters. The second-order valence-corrected chi connectivity index (χ2v) is 5.27. The Kier molecular flexibility index (Phi) is 7.50. The molecule has 0 aliphatic rings. The molecule has 0 atom stereocenters. The number of carboxylic acid groups (broad SMARTS) is 2. The molecule has 0 aliphatic carbocycles. The van der Waals surface area contributed by atoms with E-state index in [0.717, 1.165) is 11.8 Å². The van der Waals surface area contributed by atoms with Crippen LogP contribution in [0.15, 0.2) is 54.6 Å². The Morgan fingerprint density at radius 3 is 1.92 bits per heavy atom. The number of benzene rings is 2. The summed E-state index contributed by atoms with van der Waals surface area (Å²) >= 11 is 0. The van der Waals surface area contributed by atoms with Gasteiger partial charge in [0.2, 0.25) is 0 Å². The van der Waals surface area contributed by atoms with Crippen LogP contribution in [-0.2, 0) is 4.79 Å². The van der Waals surface area contributed by atoms with E-state index in [0.29, 0.717) is 11.1 Å². The minimum atomic E-state index is -1.05. The van der Waals surface area contributed by atoms with Gasteiger partial charge in [-0.3, -0.25) is 10.1 Å². The van der Waals surface area contributed by atoms with Gasteiger partial charge in [0.25, 0.3) is 5.69 Å². The lowest BCUT2D eigenvalue weighted by Gasteiger charge is -2.11. The van der Waals surface area contributed by atoms with E-state index in [-0.39, 0.29) is 5.69 Å². The van der Waals surface area contributed by atoms with Crippen LogP contribution in [0.4, 0.5) is 11.4 Å². The summed E-state index contributed by atoms with van der Waals surface area (Å²) in [5, 5.41) is 27.2. The van der Waals surface area contributed by atoms with Gasteiger partial charge in [0.15, 0.2) is 0 Å². The summed E-state index contributed by atoms with van der Waals surface area (Å²) in [7, 11) is 3.82. The number of non-ortho nitro benzene ring substituents is 1. The summed E-state index contributed by atoms with van der Waals surface area (Å²) < 4.78 is 0. The van der Waals surface area contributed by atoms with Gasteiger partial charge in [0, 0.05) is 38.0 Å². The van der Waals surface area contributed by atoms with Gasteiger partial charge in [-0.2, -0.15) is 0 Å². The molecule has 0 heterocycles. The Morgan fingerprint density at radius 2 is 1.54 bits per heavy atom. The Balaban J connectivity index is 0.000000263. The molecule has 0 saturated heterocycles. The second-order valence-electron chi connectivity index (χ2n) is 5.27. The summed E-state index contributed by atoms with van der Waals surface area (Å²) in [6.45, 7) is 0. The largest absolute Gasteiger partial charge is 0.478 e. The highest BCUT2D eigenvalue weighted by atomic mass is 16.6. The van der Waals surface area contributed by atoms with E-state index in [2.05, 4.69) is 0 Å². The summed E-state index contributed by atoms with van der Waals surface area (Å²) in [6.07, 6.45) is 2.34. The number of hydrogen-bond acceptors (Lipinski definition) is 5. The molecule has 0 saturated carbocycles. The van der Waals surface area contributed by atoms with Gasteiger partial charge in [0.05, 0.1) is 10.5 Å². The van der Waals surface area contributed by atoms with Crippen molar-refractivity contribution in [3.63, 3.8) is 0 Å². The minimum Gasteiger partial charge on any atom is -0.478 e. The lowest BCUT2D eigenvalue weighted by Crippen LogP contribution is -2.08. The van der Waals surface area contributed by atoms with Crippen LogP contribution in [0.1, 0.15) is 15.9 Å². The quantitative estimate of drug-likeness (QED) is 0.478. The fourth-order valence-corrected chi connectivity index (χ4v) is 1.78. The molecule has 0 aliphatic heterocycles. The number of aliphatic carboxylic acids is 1. The summed E-state index contributed by atoms with van der Waals surface area (Å²) in [4.78, 5) is 32.3. The highest BCUT2D eigenvalue weighted by Crippen LogP contribution is 2.13. The average Bonchev–Trinajstić information content (AvgIpc) is 2.60. The van der Waals surface area contributed by atoms with Crippen molar-refractivity contribution in [2.75, 3.05) is 19.0 Å². The molecule has 2 rings (SSSR count). The lowest BCUT2D eigenvalue weighted by molar-refractivity contribution is -0.384. The van der Waals surface area contributed by atoms with E-state index in [1.807, 2.05) is 19.0 Å². The highest BCUT2D eigenvalue weighted by molar-refractivity contribution is 5.88. The van der Waals surface area contributed by atoms with Crippen molar-refractivity contribution in [2.24, 2.45) is 0 Å². The molecule has 8 nitrogen and oxygen atoms in total. The number of aromatic carboxylic acids is 1. The SMILES string of the molecule is CN(C)c1ccc(C(=O)O)cc1.O=C(O)/C=C/c1ccc([N+](=O)[O-])cc1. The zero-order chi connectivity index (χ0) is 19.7. The Hall–Kier alpha value is -3.68. The van der Waals surface area contributed by atoms with E-state index < -0.39 is 16.9 Å². The second kappa shape index (κ2) is 9.58. The zero-order valence-electron chi connectivity index (χ0n) is 14.2. The van der Waals surface area contributed by atoms with Crippen LogP contribution in [0.2, 0.25) is 0 Å². The van der Waals surface area contributed by atoms with Gasteiger partial charge in [-0.15, -0.1) is 0 Å². The van der Waals surface area contributed by atoms with Gasteiger partial charge >= 0.3 is 11.9 Å². The first kappa shape index (κ1) is 20.4. The maximum absolute atomic E-state index is 10.5. The fourth-order valence-electron chi connectivity index (χ4n) is 1.78. The van der Waals surface area contributed by atoms with Crippen LogP contribution >= 0.6 is 0 Å². The number of carbonyl (C=O) groups is 2. The van der Waals surface area contributed by atoms with Gasteiger partial charge in [-0.1, -0.05) is 0 Å². The molecule has 0 amide bonds. The summed E-state index contributed by atoms with van der Waals surface area (Å²) in [5.74, 6) is -1.94. The summed E-state index contributed by atoms with van der Waals surface area (Å²) in [5.41, 5.74) is 1.91. The third kappa shape index (κ3) is 6.83. The van der Waals surface area contributed by atoms with Crippen LogP contribution in [0, 0.1) is 10.1 Å². The van der Waals surface area contributed by atoms with Crippen molar-refractivity contribution in [2.45, 2.75) is 0 Å². The Morgan fingerprint density at radius 1 is 1.00 bits per heavy atom. The van der Waals surface area contributed by atoms with E-state index in [4.69, 9.17) is 10.2 Å². The number of rotatable bonds is 5. The highest BCUT2D eigenvalue weighted by Gasteiger charge is 2.02. The fraction of sp³-hybridized carbons (Fsp3) is 0.111. The molecule has 8 heteroatoms. The van der Waals surface area contributed by atoms with Crippen LogP contribution in [0.25, 0.3) is 6.08 Å². The smallest absolute Gasteiger partial charge is 0.335 e. The van der Waals surface area contributed by atoms with Crippen LogP contribution in [0.3, 0.4) is 0 Å². The first-order valence-electron chi connectivity index (χ1n) is 7.37. The molecule has 136 valence electrons. The monoisotopic (exact) mass is 358 g/mol. The average molecular weight is 358 g/mol. The molecule has 2 N–H and O–H groups in total. The number of nitro benzene ring substituents is 1. The van der Waals surface area contributed by atoms with Crippen molar-refractivity contribution in [3.8, 4) is 0 Å². The number of nitrogens with zero attached hydrogens (tertiary/aromatic N) is 2. The predicted molar refractivity (Wildman–Crippen MR) is 97.5 cm³/mol. The molecule has 0 bridgehead atoms. The van der Waals surface area contributed by atoms with Gasteiger partial charge in [-0.25, -0.2) is 9.59 Å². The topological polar surface area (TPSA) is 121 Å². The molecule has 0 aromatic heterocycles. The molecule has 0 radical (unpaired) electrons. The predicted octanol–water partition coefficient (Wildman–Crippen LogP) is 3.14. The van der Waals surface area contributed by atoms with E-state index in [1.54, 1.807) is 24.3 Å². The molecule has 2 aromatic rings. The Labute approximate surface area is 149 Å². The van der Waals surface area contributed by atoms with Gasteiger partial charge in [-0.05, 0) is 48.0 Å². The standard InChI is InChI=1S/C9H7NO4.C9H11NO2/c11-9(12)6-3-7-1-4-8(5-2-7)10(13)14;1-10(2)8-5-3-7(4-6-8)9(11)12/h1-6H,(H,11,12);3-6H,1-2H3,(H,11,12)/b6-3+;. The van der Waals surface area contributed by atoms with Crippen molar-refractivity contribution in [1.82, 2.24) is 0 Å². The first-order valence-corrected chi connectivity index (χ1v) is 7.37. The summed E-state index contributed by atoms with van der Waals surface area (Å²) in [6, 6.07) is 12.4. The first-order chi connectivity index (χ1) is 12.2. The van der Waals surface area contributed by atoms with Crippen LogP contribution < -0.4 is 4.90 Å². The molecule has 0 fully saturated rings. The van der Waals surface area contributed by atoms with Crippen molar-refractivity contribution in [3.05, 3.63) is 75.8 Å². The number of carboxylic acids is 2. The molecular weight excluding hydrogens is 340 g/mol. The van der Waals surface area contributed by atoms with Crippen molar-refractivity contribution < 1.29 is 24.7 Å². The van der Waals surface area contributed by atoms with E-state index in [9.17, 15) is 19.7 Å². The molecule has 26 heavy (non-hydrogen) atoms. The minimum absolute atomic E-state index is 0.0162. The lowest BCUT2D eigenvalue weighted by atomic mass is 10.2. The third-order valence-electron chi connectivity index (χ3n) is 3.15. The van der Waals surface area contributed by atoms with Crippen LogP contribution in [0.5, 0.6) is 0 Å².